The number of likely N-dealkylation sites (tertiary alicyclic amines) is 1. The SMILES string of the molecule is O=C(O)c1cccn1CC(=O)N1CCC2(CCCC2)CC1. The van der Waals surface area contributed by atoms with Crippen molar-refractivity contribution < 1.29 is 14.7 Å². The van der Waals surface area contributed by atoms with Gasteiger partial charge < -0.3 is 14.6 Å². The van der Waals surface area contributed by atoms with E-state index in [0.717, 1.165) is 25.9 Å². The number of carbonyl (C=O) groups excluding carboxylic acids is 1. The molecule has 0 aromatic carbocycles. The summed E-state index contributed by atoms with van der Waals surface area (Å²) in [5, 5.41) is 9.07. The van der Waals surface area contributed by atoms with Crippen molar-refractivity contribution in [2.24, 2.45) is 5.41 Å². The van der Waals surface area contributed by atoms with Gasteiger partial charge in [-0.15, -0.1) is 0 Å². The molecule has 5 heteroatoms. The number of hydrogen-bond donors (Lipinski definition) is 1. The average Bonchev–Trinajstić information content (AvgIpc) is 3.09. The van der Waals surface area contributed by atoms with Crippen LogP contribution in [0.4, 0.5) is 0 Å². The van der Waals surface area contributed by atoms with E-state index in [1.165, 1.54) is 36.3 Å². The van der Waals surface area contributed by atoms with E-state index in [2.05, 4.69) is 0 Å². The Morgan fingerprint density at radius 2 is 1.81 bits per heavy atom. The summed E-state index contributed by atoms with van der Waals surface area (Å²) in [5.74, 6) is -0.960. The van der Waals surface area contributed by atoms with Crippen LogP contribution in [0.2, 0.25) is 0 Å². The van der Waals surface area contributed by atoms with Gasteiger partial charge in [-0.1, -0.05) is 12.8 Å². The van der Waals surface area contributed by atoms with Gasteiger partial charge in [0.2, 0.25) is 5.91 Å². The molecule has 1 aromatic rings. The van der Waals surface area contributed by atoms with Crippen molar-refractivity contribution in [2.75, 3.05) is 13.1 Å². The van der Waals surface area contributed by atoms with E-state index in [-0.39, 0.29) is 18.1 Å². The third-order valence-electron chi connectivity index (χ3n) is 5.20. The first-order valence-corrected chi connectivity index (χ1v) is 7.76. The van der Waals surface area contributed by atoms with Crippen LogP contribution in [-0.2, 0) is 11.3 Å². The molecule has 0 bridgehead atoms. The number of nitrogens with zero attached hydrogens (tertiary/aromatic N) is 2. The van der Waals surface area contributed by atoms with Crippen LogP contribution in [0.5, 0.6) is 0 Å². The number of aromatic carboxylic acids is 1. The normalized spacial score (nSPS) is 20.9. The van der Waals surface area contributed by atoms with Crippen molar-refractivity contribution in [3.05, 3.63) is 24.0 Å². The number of carboxylic acids is 1. The molecule has 1 spiro atoms. The predicted molar refractivity (Wildman–Crippen MR) is 78.1 cm³/mol. The molecule has 0 unspecified atom stereocenters. The van der Waals surface area contributed by atoms with Gasteiger partial charge in [0.1, 0.15) is 12.2 Å². The topological polar surface area (TPSA) is 62.5 Å². The maximum Gasteiger partial charge on any atom is 0.352 e. The Kier molecular flexibility index (Phi) is 3.74. The second-order valence-electron chi connectivity index (χ2n) is 6.41. The number of aromatic nitrogens is 1. The van der Waals surface area contributed by atoms with Gasteiger partial charge in [0, 0.05) is 19.3 Å². The van der Waals surface area contributed by atoms with Crippen LogP contribution in [-0.4, -0.2) is 39.5 Å². The zero-order chi connectivity index (χ0) is 14.9. The van der Waals surface area contributed by atoms with Gasteiger partial charge in [-0.25, -0.2) is 4.79 Å². The molecule has 5 nitrogen and oxygen atoms in total. The van der Waals surface area contributed by atoms with Crippen molar-refractivity contribution in [2.45, 2.75) is 45.1 Å². The summed E-state index contributed by atoms with van der Waals surface area (Å²) >= 11 is 0. The summed E-state index contributed by atoms with van der Waals surface area (Å²) in [6, 6.07) is 3.19. The summed E-state index contributed by atoms with van der Waals surface area (Å²) in [4.78, 5) is 25.3. The summed E-state index contributed by atoms with van der Waals surface area (Å²) in [5.41, 5.74) is 0.670. The Morgan fingerprint density at radius 1 is 1.14 bits per heavy atom. The van der Waals surface area contributed by atoms with Crippen LogP contribution in [0.15, 0.2) is 18.3 Å². The molecular formula is C16H22N2O3. The molecule has 1 saturated carbocycles. The highest BCUT2D eigenvalue weighted by Crippen LogP contribution is 2.46. The largest absolute Gasteiger partial charge is 0.477 e. The van der Waals surface area contributed by atoms with Gasteiger partial charge in [0.05, 0.1) is 0 Å². The molecule has 1 aromatic heterocycles. The van der Waals surface area contributed by atoms with Gasteiger partial charge in [-0.05, 0) is 43.2 Å². The number of piperidine rings is 1. The Bertz CT molecular complexity index is 533. The van der Waals surface area contributed by atoms with E-state index in [0.29, 0.717) is 5.41 Å². The lowest BCUT2D eigenvalue weighted by Gasteiger charge is -2.39. The highest BCUT2D eigenvalue weighted by atomic mass is 16.4. The minimum atomic E-state index is -0.989. The van der Waals surface area contributed by atoms with E-state index >= 15 is 0 Å². The second kappa shape index (κ2) is 5.54. The van der Waals surface area contributed by atoms with Gasteiger partial charge >= 0.3 is 5.97 Å². The summed E-state index contributed by atoms with van der Waals surface area (Å²) in [7, 11) is 0. The maximum atomic E-state index is 12.4. The molecule has 1 amide bonds. The lowest BCUT2D eigenvalue weighted by atomic mass is 9.77. The average molecular weight is 290 g/mol. The molecule has 1 aliphatic carbocycles. The summed E-state index contributed by atoms with van der Waals surface area (Å²) in [6.07, 6.45) is 9.17. The van der Waals surface area contributed by atoms with E-state index in [4.69, 9.17) is 5.11 Å². The van der Waals surface area contributed by atoms with Crippen LogP contribution in [0.25, 0.3) is 0 Å². The Labute approximate surface area is 124 Å². The smallest absolute Gasteiger partial charge is 0.352 e. The molecule has 2 fully saturated rings. The van der Waals surface area contributed by atoms with Crippen LogP contribution >= 0.6 is 0 Å². The van der Waals surface area contributed by atoms with Crippen molar-refractivity contribution >= 4 is 11.9 Å². The molecule has 2 heterocycles. The monoisotopic (exact) mass is 290 g/mol. The number of hydrogen-bond acceptors (Lipinski definition) is 2. The highest BCUT2D eigenvalue weighted by Gasteiger charge is 2.37. The Morgan fingerprint density at radius 3 is 2.43 bits per heavy atom. The third kappa shape index (κ3) is 2.82. The zero-order valence-electron chi connectivity index (χ0n) is 12.3. The van der Waals surface area contributed by atoms with Crippen molar-refractivity contribution in [3.8, 4) is 0 Å². The number of amides is 1. The molecule has 1 N–H and O–H groups in total. The van der Waals surface area contributed by atoms with Gasteiger partial charge in [-0.3, -0.25) is 4.79 Å². The Hall–Kier alpha value is -1.78. The van der Waals surface area contributed by atoms with E-state index in [9.17, 15) is 9.59 Å². The van der Waals surface area contributed by atoms with Crippen LogP contribution in [0.3, 0.4) is 0 Å². The highest BCUT2D eigenvalue weighted by molar-refractivity contribution is 5.86. The van der Waals surface area contributed by atoms with Crippen molar-refractivity contribution in [3.63, 3.8) is 0 Å². The second-order valence-corrected chi connectivity index (χ2v) is 6.41. The van der Waals surface area contributed by atoms with Crippen LogP contribution in [0.1, 0.15) is 49.0 Å². The molecule has 1 aliphatic heterocycles. The number of carboxylic acid groups (broad SMARTS) is 1. The van der Waals surface area contributed by atoms with E-state index < -0.39 is 5.97 Å². The minimum absolute atomic E-state index is 0.0292. The maximum absolute atomic E-state index is 12.4. The lowest BCUT2D eigenvalue weighted by molar-refractivity contribution is -0.134. The first-order valence-electron chi connectivity index (χ1n) is 7.76. The van der Waals surface area contributed by atoms with Crippen molar-refractivity contribution in [1.82, 2.24) is 9.47 Å². The lowest BCUT2D eigenvalue weighted by Crippen LogP contribution is -2.43. The molecule has 0 atom stereocenters. The van der Waals surface area contributed by atoms with Gasteiger partial charge in [0.25, 0.3) is 0 Å². The van der Waals surface area contributed by atoms with Crippen LogP contribution < -0.4 is 0 Å². The van der Waals surface area contributed by atoms with E-state index in [1.807, 2.05) is 4.90 Å². The molecular weight excluding hydrogens is 268 g/mol. The molecule has 21 heavy (non-hydrogen) atoms. The first-order chi connectivity index (χ1) is 10.1. The van der Waals surface area contributed by atoms with Crippen LogP contribution in [0, 0.1) is 5.41 Å². The molecule has 2 aliphatic rings. The number of carbonyl (C=O) groups is 2. The van der Waals surface area contributed by atoms with E-state index in [1.54, 1.807) is 12.3 Å². The van der Waals surface area contributed by atoms with Crippen molar-refractivity contribution in [1.29, 1.82) is 0 Å². The fourth-order valence-electron chi connectivity index (χ4n) is 3.85. The molecule has 114 valence electrons. The fourth-order valence-corrected chi connectivity index (χ4v) is 3.85. The molecule has 3 rings (SSSR count). The standard InChI is InChI=1S/C16H22N2O3/c19-14(12-18-9-3-4-13(18)15(20)21)17-10-7-16(8-11-17)5-1-2-6-16/h3-4,9H,1-2,5-8,10-12H2,(H,20,21). The number of rotatable bonds is 3. The fraction of sp³-hybridized carbons (Fsp3) is 0.625. The minimum Gasteiger partial charge on any atom is -0.477 e. The Balaban J connectivity index is 1.59. The van der Waals surface area contributed by atoms with Gasteiger partial charge in [-0.2, -0.15) is 0 Å². The zero-order valence-corrected chi connectivity index (χ0v) is 12.3. The molecule has 1 saturated heterocycles. The van der Waals surface area contributed by atoms with Gasteiger partial charge in [0.15, 0.2) is 0 Å². The molecule has 0 radical (unpaired) electrons. The quantitative estimate of drug-likeness (QED) is 0.929. The third-order valence-corrected chi connectivity index (χ3v) is 5.20. The summed E-state index contributed by atoms with van der Waals surface area (Å²) in [6.45, 7) is 1.77. The first kappa shape index (κ1) is 14.2. The predicted octanol–water partition coefficient (Wildman–Crippen LogP) is 2.37. The summed E-state index contributed by atoms with van der Waals surface area (Å²) < 4.78 is 1.52.